The van der Waals surface area contributed by atoms with Crippen LogP contribution in [0.1, 0.15) is 27.0 Å². The molecular weight excluding hydrogens is 410 g/mol. The van der Waals surface area contributed by atoms with Crippen molar-refractivity contribution >= 4 is 23.0 Å². The second-order valence-corrected chi connectivity index (χ2v) is 6.62. The van der Waals surface area contributed by atoms with Crippen LogP contribution in [0.3, 0.4) is 0 Å². The second-order valence-electron chi connectivity index (χ2n) is 6.62. The zero-order valence-corrected chi connectivity index (χ0v) is 15.4. The summed E-state index contributed by atoms with van der Waals surface area (Å²) in [5.74, 6) is -1.26. The van der Waals surface area contributed by atoms with Gasteiger partial charge in [0.1, 0.15) is 11.4 Å². The molecule has 3 aromatic carbocycles. The van der Waals surface area contributed by atoms with Crippen LogP contribution in [0.25, 0.3) is 0 Å². The average Bonchev–Trinajstić information content (AvgIpc) is 3.06. The Morgan fingerprint density at radius 1 is 0.871 bits per heavy atom. The monoisotopic (exact) mass is 421 g/mol. The fourth-order valence-electron chi connectivity index (χ4n) is 3.76. The first-order chi connectivity index (χ1) is 14.8. The Bertz CT molecular complexity index is 1290. The smallest absolute Gasteiger partial charge is 0.340 e. The average molecular weight is 421 g/mol. The topological polar surface area (TPSA) is 162 Å². The number of fused-ring (bicyclic) bond motifs is 1. The third kappa shape index (κ3) is 2.87. The van der Waals surface area contributed by atoms with Gasteiger partial charge in [-0.25, -0.2) is 4.79 Å². The molecule has 154 valence electrons. The van der Waals surface area contributed by atoms with Crippen molar-refractivity contribution in [3.63, 3.8) is 0 Å². The van der Waals surface area contributed by atoms with Crippen LogP contribution in [-0.4, -0.2) is 20.9 Å². The quantitative estimate of drug-likeness (QED) is 0.279. The summed E-state index contributed by atoms with van der Waals surface area (Å²) in [5, 5.41) is 36.1. The Kier molecular flexibility index (Phi) is 4.43. The second kappa shape index (κ2) is 6.99. The zero-order valence-electron chi connectivity index (χ0n) is 15.4. The number of cyclic esters (lactones) is 1. The number of esters is 1. The Hall–Kier alpha value is -4.67. The molecule has 1 aliphatic heterocycles. The van der Waals surface area contributed by atoms with Crippen LogP contribution in [0.15, 0.2) is 65.8 Å². The van der Waals surface area contributed by atoms with Crippen molar-refractivity contribution in [2.24, 2.45) is 5.18 Å². The molecule has 0 fully saturated rings. The molecular formula is C20H11N3O8. The number of nitrogens with zero attached hydrogens (tertiary/aromatic N) is 3. The van der Waals surface area contributed by atoms with Crippen LogP contribution in [0, 0.1) is 25.1 Å². The number of phenolic OH excluding ortho intramolecular Hbond substituents is 1. The van der Waals surface area contributed by atoms with Gasteiger partial charge in [-0.2, -0.15) is 0 Å². The Morgan fingerprint density at radius 2 is 1.48 bits per heavy atom. The highest BCUT2D eigenvalue weighted by atomic mass is 16.6. The summed E-state index contributed by atoms with van der Waals surface area (Å²) < 4.78 is 5.65. The van der Waals surface area contributed by atoms with Crippen molar-refractivity contribution in [1.82, 2.24) is 0 Å². The first-order valence-electron chi connectivity index (χ1n) is 8.72. The lowest BCUT2D eigenvalue weighted by Crippen LogP contribution is -2.31. The predicted octanol–water partition coefficient (Wildman–Crippen LogP) is 4.07. The molecule has 1 unspecified atom stereocenters. The van der Waals surface area contributed by atoms with E-state index in [1.165, 1.54) is 30.3 Å². The molecule has 31 heavy (non-hydrogen) atoms. The normalized spacial score (nSPS) is 17.0. The van der Waals surface area contributed by atoms with E-state index in [9.17, 15) is 35.0 Å². The van der Waals surface area contributed by atoms with E-state index in [4.69, 9.17) is 4.74 Å². The molecule has 1 heterocycles. The van der Waals surface area contributed by atoms with Gasteiger partial charge in [0, 0.05) is 11.6 Å². The first-order valence-corrected chi connectivity index (χ1v) is 8.72. The molecule has 0 amide bonds. The fraction of sp³-hybridized carbons (Fsp3) is 0.0500. The van der Waals surface area contributed by atoms with Crippen LogP contribution in [-0.2, 0) is 10.3 Å². The number of nitro groups is 2. The third-order valence-electron chi connectivity index (χ3n) is 4.99. The van der Waals surface area contributed by atoms with E-state index >= 15 is 0 Å². The van der Waals surface area contributed by atoms with Crippen molar-refractivity contribution in [3.05, 3.63) is 108 Å². The molecule has 0 saturated heterocycles. The van der Waals surface area contributed by atoms with Crippen molar-refractivity contribution in [2.75, 3.05) is 0 Å². The molecule has 4 rings (SSSR count). The summed E-state index contributed by atoms with van der Waals surface area (Å²) in [6.45, 7) is 0. The lowest BCUT2D eigenvalue weighted by molar-refractivity contribution is -0.388. The van der Waals surface area contributed by atoms with Crippen molar-refractivity contribution in [1.29, 1.82) is 0 Å². The molecule has 3 aromatic rings. The van der Waals surface area contributed by atoms with Crippen molar-refractivity contribution < 1.29 is 24.5 Å². The number of hydrogen-bond acceptors (Lipinski definition) is 9. The van der Waals surface area contributed by atoms with Crippen LogP contribution in [0.4, 0.5) is 17.1 Å². The molecule has 11 nitrogen and oxygen atoms in total. The minimum atomic E-state index is -2.08. The van der Waals surface area contributed by atoms with Gasteiger partial charge in [-0.3, -0.25) is 20.2 Å². The van der Waals surface area contributed by atoms with Gasteiger partial charge in [0.15, 0.2) is 0 Å². The highest BCUT2D eigenvalue weighted by molar-refractivity contribution is 5.97. The number of carbonyl (C=O) groups is 1. The summed E-state index contributed by atoms with van der Waals surface area (Å²) in [4.78, 5) is 45.6. The molecule has 1 aliphatic rings. The largest absolute Gasteiger partial charge is 0.508 e. The fourth-order valence-corrected chi connectivity index (χ4v) is 3.76. The number of rotatable bonds is 5. The highest BCUT2D eigenvalue weighted by Gasteiger charge is 2.54. The summed E-state index contributed by atoms with van der Waals surface area (Å²) in [5.41, 5.74) is -3.77. The minimum Gasteiger partial charge on any atom is -0.508 e. The van der Waals surface area contributed by atoms with E-state index < -0.39 is 38.5 Å². The van der Waals surface area contributed by atoms with Gasteiger partial charge in [0.2, 0.25) is 5.60 Å². The maximum absolute atomic E-state index is 12.7. The standard InChI is InChI=1S/C20H11N3O8/c24-12-6-8-16(18(10-12)23(29)30)20(14-4-2-1-3-13(14)19(25)31-20)15-7-5-11(21-26)9-17(15)22(27)28/h1-10,24H. The number of hydrogen-bond donors (Lipinski definition) is 1. The summed E-state index contributed by atoms with van der Waals surface area (Å²) in [6.07, 6.45) is 0. The number of aromatic hydroxyl groups is 1. The highest BCUT2D eigenvalue weighted by Crippen LogP contribution is 2.52. The van der Waals surface area contributed by atoms with Crippen molar-refractivity contribution in [2.45, 2.75) is 5.60 Å². The summed E-state index contributed by atoms with van der Waals surface area (Å²) in [7, 11) is 0. The van der Waals surface area contributed by atoms with Crippen LogP contribution in [0.2, 0.25) is 0 Å². The first kappa shape index (κ1) is 19.6. The molecule has 0 saturated carbocycles. The number of nitroso groups, excluding NO2 is 1. The van der Waals surface area contributed by atoms with Gasteiger partial charge in [-0.05, 0) is 35.5 Å². The molecule has 11 heteroatoms. The molecule has 0 bridgehead atoms. The number of nitro benzene ring substituents is 2. The maximum atomic E-state index is 12.7. The van der Waals surface area contributed by atoms with Gasteiger partial charge in [-0.15, -0.1) is 4.91 Å². The molecule has 1 atom stereocenters. The summed E-state index contributed by atoms with van der Waals surface area (Å²) >= 11 is 0. The molecule has 0 aliphatic carbocycles. The number of ether oxygens (including phenoxy) is 1. The third-order valence-corrected chi connectivity index (χ3v) is 4.99. The molecule has 0 spiro atoms. The van der Waals surface area contributed by atoms with E-state index in [1.54, 1.807) is 12.1 Å². The van der Waals surface area contributed by atoms with E-state index in [1.807, 2.05) is 0 Å². The SMILES string of the molecule is O=Nc1ccc(C2(c3ccc(O)cc3[N+](=O)[O-])OC(=O)c3ccccc32)c([N+](=O)[O-])c1. The molecule has 1 N–H and O–H groups in total. The van der Waals surface area contributed by atoms with Crippen LogP contribution in [0.5, 0.6) is 5.75 Å². The molecule has 0 aromatic heterocycles. The predicted molar refractivity (Wildman–Crippen MR) is 105 cm³/mol. The number of benzene rings is 3. The number of carbonyl (C=O) groups excluding carboxylic acids is 1. The van der Waals surface area contributed by atoms with Crippen LogP contribution < -0.4 is 0 Å². The number of phenols is 1. The van der Waals surface area contributed by atoms with E-state index in [0.717, 1.165) is 18.2 Å². The van der Waals surface area contributed by atoms with Gasteiger partial charge < -0.3 is 9.84 Å². The minimum absolute atomic E-state index is 0.0664. The molecule has 0 radical (unpaired) electrons. The van der Waals surface area contributed by atoms with Gasteiger partial charge in [-0.1, -0.05) is 18.2 Å². The van der Waals surface area contributed by atoms with E-state index in [-0.39, 0.29) is 27.9 Å². The van der Waals surface area contributed by atoms with Gasteiger partial charge in [0.25, 0.3) is 11.4 Å². The van der Waals surface area contributed by atoms with Crippen LogP contribution >= 0.6 is 0 Å². The maximum Gasteiger partial charge on any atom is 0.340 e. The van der Waals surface area contributed by atoms with E-state index in [2.05, 4.69) is 5.18 Å². The van der Waals surface area contributed by atoms with Crippen molar-refractivity contribution in [3.8, 4) is 5.75 Å². The summed E-state index contributed by atoms with van der Waals surface area (Å²) in [6, 6.07) is 12.4. The van der Waals surface area contributed by atoms with Gasteiger partial charge in [0.05, 0.1) is 32.6 Å². The van der Waals surface area contributed by atoms with E-state index in [0.29, 0.717) is 0 Å². The Labute approximate surface area is 172 Å². The lowest BCUT2D eigenvalue weighted by Gasteiger charge is -2.29. The lowest BCUT2D eigenvalue weighted by atomic mass is 9.78. The Morgan fingerprint density at radius 3 is 2.13 bits per heavy atom. The zero-order chi connectivity index (χ0) is 22.3. The van der Waals surface area contributed by atoms with Gasteiger partial charge >= 0.3 is 5.97 Å². The Balaban J connectivity index is 2.18.